The van der Waals surface area contributed by atoms with E-state index in [2.05, 4.69) is 32.9 Å². The van der Waals surface area contributed by atoms with E-state index in [1.54, 1.807) is 24.3 Å². The van der Waals surface area contributed by atoms with Crippen LogP contribution < -0.4 is 15.7 Å². The van der Waals surface area contributed by atoms with Crippen LogP contribution >= 0.6 is 0 Å². The highest BCUT2D eigenvalue weighted by Crippen LogP contribution is 2.14. The minimum absolute atomic E-state index is 0.104. The van der Waals surface area contributed by atoms with Crippen LogP contribution in [0, 0.1) is 6.92 Å². The quantitative estimate of drug-likeness (QED) is 0.374. The average Bonchev–Trinajstić information content (AvgIpc) is 2.80. The lowest BCUT2D eigenvalue weighted by Crippen LogP contribution is -2.22. The van der Waals surface area contributed by atoms with E-state index in [4.69, 9.17) is 4.74 Å². The van der Waals surface area contributed by atoms with Crippen LogP contribution in [0.3, 0.4) is 0 Å². The van der Waals surface area contributed by atoms with Crippen molar-refractivity contribution in [3.63, 3.8) is 0 Å². The van der Waals surface area contributed by atoms with Crippen molar-refractivity contribution in [1.82, 2.24) is 15.6 Å². The molecule has 1 aromatic heterocycles. The first-order chi connectivity index (χ1) is 15.1. The molecule has 7 heteroatoms. The zero-order valence-corrected chi connectivity index (χ0v) is 16.8. The van der Waals surface area contributed by atoms with Crippen molar-refractivity contribution in [3.8, 4) is 5.75 Å². The van der Waals surface area contributed by atoms with E-state index in [1.165, 1.54) is 11.8 Å². The molecule has 0 unspecified atom stereocenters. The Morgan fingerprint density at radius 2 is 1.74 bits per heavy atom. The summed E-state index contributed by atoms with van der Waals surface area (Å²) in [7, 11) is 0. The van der Waals surface area contributed by atoms with E-state index in [1.807, 2.05) is 43.3 Å². The molecule has 0 saturated carbocycles. The maximum atomic E-state index is 12.4. The summed E-state index contributed by atoms with van der Waals surface area (Å²) in [6.07, 6.45) is 1.52. The van der Waals surface area contributed by atoms with Gasteiger partial charge in [-0.1, -0.05) is 48.0 Å². The zero-order chi connectivity index (χ0) is 21.6. The summed E-state index contributed by atoms with van der Waals surface area (Å²) < 4.78 is 5.79. The van der Waals surface area contributed by atoms with Crippen LogP contribution in [0.25, 0.3) is 10.8 Å². The van der Waals surface area contributed by atoms with Crippen molar-refractivity contribution in [1.29, 1.82) is 0 Å². The largest absolute Gasteiger partial charge is 0.489 e. The van der Waals surface area contributed by atoms with Gasteiger partial charge in [0.1, 0.15) is 12.4 Å². The normalized spacial score (nSPS) is 11.0. The van der Waals surface area contributed by atoms with Gasteiger partial charge in [0.15, 0.2) is 5.69 Å². The van der Waals surface area contributed by atoms with Crippen LogP contribution in [-0.2, 0) is 6.61 Å². The summed E-state index contributed by atoms with van der Waals surface area (Å²) in [4.78, 5) is 24.3. The maximum absolute atomic E-state index is 12.4. The summed E-state index contributed by atoms with van der Waals surface area (Å²) >= 11 is 0. The number of rotatable bonds is 6. The lowest BCUT2D eigenvalue weighted by Gasteiger charge is -2.07. The SMILES string of the molecule is Cc1ccc(COc2ccc(/C=N/NC(=O)c3n[nH]c(=O)c4ccccc34)cc2)cc1. The Morgan fingerprint density at radius 1 is 1.03 bits per heavy atom. The van der Waals surface area contributed by atoms with Gasteiger partial charge in [0.05, 0.1) is 11.6 Å². The number of hydrazone groups is 1. The second-order valence-electron chi connectivity index (χ2n) is 6.99. The van der Waals surface area contributed by atoms with Gasteiger partial charge in [-0.3, -0.25) is 9.59 Å². The first kappa shape index (κ1) is 20.0. The van der Waals surface area contributed by atoms with Crippen molar-refractivity contribution in [2.75, 3.05) is 0 Å². The number of nitrogens with one attached hydrogen (secondary N) is 2. The highest BCUT2D eigenvalue weighted by molar-refractivity contribution is 6.04. The number of H-pyrrole nitrogens is 1. The van der Waals surface area contributed by atoms with E-state index < -0.39 is 5.91 Å². The lowest BCUT2D eigenvalue weighted by atomic mass is 10.1. The van der Waals surface area contributed by atoms with E-state index in [0.717, 1.165) is 16.9 Å². The molecular formula is C24H20N4O3. The van der Waals surface area contributed by atoms with Crippen molar-refractivity contribution in [2.24, 2.45) is 5.10 Å². The molecule has 31 heavy (non-hydrogen) atoms. The summed E-state index contributed by atoms with van der Waals surface area (Å²) in [5, 5.41) is 11.0. The Kier molecular flexibility index (Phi) is 5.84. The second-order valence-corrected chi connectivity index (χ2v) is 6.99. The van der Waals surface area contributed by atoms with Gasteiger partial charge in [0.2, 0.25) is 0 Å². The number of carbonyl (C=O) groups excluding carboxylic acids is 1. The smallest absolute Gasteiger partial charge is 0.292 e. The number of aromatic amines is 1. The molecule has 7 nitrogen and oxygen atoms in total. The van der Waals surface area contributed by atoms with E-state index in [-0.39, 0.29) is 11.3 Å². The Balaban J connectivity index is 1.37. The highest BCUT2D eigenvalue weighted by atomic mass is 16.5. The Labute approximate surface area is 178 Å². The standard InChI is InChI=1S/C24H20N4O3/c1-16-6-8-18(9-7-16)15-31-19-12-10-17(11-13-19)14-25-27-24(30)22-20-4-2-3-5-21(20)23(29)28-26-22/h2-14H,15H2,1H3,(H,27,30)(H,28,29)/b25-14+. The zero-order valence-electron chi connectivity index (χ0n) is 16.8. The Morgan fingerprint density at radius 3 is 2.48 bits per heavy atom. The van der Waals surface area contributed by atoms with Gasteiger partial charge in [-0.2, -0.15) is 10.2 Å². The number of hydrogen-bond donors (Lipinski definition) is 2. The molecule has 0 aliphatic rings. The number of carbonyl (C=O) groups is 1. The molecule has 0 aliphatic carbocycles. The van der Waals surface area contributed by atoms with Gasteiger partial charge in [0.25, 0.3) is 11.5 Å². The minimum atomic E-state index is -0.512. The van der Waals surface area contributed by atoms with Gasteiger partial charge in [-0.15, -0.1) is 0 Å². The molecule has 154 valence electrons. The Bertz CT molecular complexity index is 1290. The fourth-order valence-electron chi connectivity index (χ4n) is 3.01. The molecule has 4 rings (SSSR count). The van der Waals surface area contributed by atoms with Gasteiger partial charge in [-0.25, -0.2) is 10.5 Å². The van der Waals surface area contributed by atoms with Gasteiger partial charge in [-0.05, 0) is 48.4 Å². The summed E-state index contributed by atoms with van der Waals surface area (Å²) in [6.45, 7) is 2.54. The number of aromatic nitrogens is 2. The van der Waals surface area contributed by atoms with Crippen molar-refractivity contribution >= 4 is 22.9 Å². The maximum Gasteiger partial charge on any atom is 0.292 e. The number of benzene rings is 3. The molecule has 0 spiro atoms. The molecule has 0 fully saturated rings. The molecule has 1 amide bonds. The number of ether oxygens (including phenoxy) is 1. The number of fused-ring (bicyclic) bond motifs is 1. The average molecular weight is 412 g/mol. The molecule has 4 aromatic rings. The fraction of sp³-hybridized carbons (Fsp3) is 0.0833. The first-order valence-corrected chi connectivity index (χ1v) is 9.69. The van der Waals surface area contributed by atoms with E-state index in [0.29, 0.717) is 17.4 Å². The molecule has 1 heterocycles. The predicted octanol–water partition coefficient (Wildman–Crippen LogP) is 3.57. The first-order valence-electron chi connectivity index (χ1n) is 9.69. The number of nitrogens with zero attached hydrogens (tertiary/aromatic N) is 2. The fourth-order valence-corrected chi connectivity index (χ4v) is 3.01. The van der Waals surface area contributed by atoms with Crippen LogP contribution in [0.4, 0.5) is 0 Å². The monoisotopic (exact) mass is 412 g/mol. The third-order valence-electron chi connectivity index (χ3n) is 4.70. The minimum Gasteiger partial charge on any atom is -0.489 e. The number of amides is 1. The molecule has 0 bridgehead atoms. The summed E-state index contributed by atoms with van der Waals surface area (Å²) in [6, 6.07) is 22.3. The van der Waals surface area contributed by atoms with Gasteiger partial charge in [0, 0.05) is 5.39 Å². The van der Waals surface area contributed by atoms with Gasteiger partial charge >= 0.3 is 0 Å². The van der Waals surface area contributed by atoms with Crippen LogP contribution in [0.15, 0.2) is 82.7 Å². The molecule has 2 N–H and O–H groups in total. The second kappa shape index (κ2) is 9.04. The van der Waals surface area contributed by atoms with Crippen LogP contribution in [0.2, 0.25) is 0 Å². The van der Waals surface area contributed by atoms with Crippen molar-refractivity contribution in [2.45, 2.75) is 13.5 Å². The number of aryl methyl sites for hydroxylation is 1. The third-order valence-corrected chi connectivity index (χ3v) is 4.70. The van der Waals surface area contributed by atoms with Crippen molar-refractivity contribution in [3.05, 3.63) is 106 Å². The highest BCUT2D eigenvalue weighted by Gasteiger charge is 2.13. The molecular weight excluding hydrogens is 392 g/mol. The molecule has 0 saturated heterocycles. The molecule has 0 aliphatic heterocycles. The summed E-state index contributed by atoms with van der Waals surface area (Å²) in [5.41, 5.74) is 5.30. The van der Waals surface area contributed by atoms with E-state index in [9.17, 15) is 9.59 Å². The third kappa shape index (κ3) is 4.84. The van der Waals surface area contributed by atoms with E-state index >= 15 is 0 Å². The topological polar surface area (TPSA) is 96.4 Å². The van der Waals surface area contributed by atoms with Crippen LogP contribution in [0.1, 0.15) is 27.2 Å². The van der Waals surface area contributed by atoms with Crippen molar-refractivity contribution < 1.29 is 9.53 Å². The number of hydrogen-bond acceptors (Lipinski definition) is 5. The predicted molar refractivity (Wildman–Crippen MR) is 119 cm³/mol. The van der Waals surface area contributed by atoms with Crippen LogP contribution in [0.5, 0.6) is 5.75 Å². The molecule has 3 aromatic carbocycles. The molecule has 0 radical (unpaired) electrons. The molecule has 0 atom stereocenters. The lowest BCUT2D eigenvalue weighted by molar-refractivity contribution is 0.0951. The van der Waals surface area contributed by atoms with Crippen LogP contribution in [-0.4, -0.2) is 22.3 Å². The van der Waals surface area contributed by atoms with Gasteiger partial charge < -0.3 is 4.74 Å². The Hall–Kier alpha value is -4.26. The summed E-state index contributed by atoms with van der Waals surface area (Å²) in [5.74, 6) is 0.229.